The van der Waals surface area contributed by atoms with Gasteiger partial charge in [-0.3, -0.25) is 14.9 Å². The van der Waals surface area contributed by atoms with E-state index in [0.717, 1.165) is 11.3 Å². The molecule has 0 unspecified atom stereocenters. The van der Waals surface area contributed by atoms with Crippen LogP contribution < -0.4 is 4.74 Å². The minimum atomic E-state index is -0.507. The van der Waals surface area contributed by atoms with Crippen LogP contribution in [0.15, 0.2) is 42.5 Å². The van der Waals surface area contributed by atoms with E-state index in [4.69, 9.17) is 4.74 Å². The Morgan fingerprint density at radius 1 is 1.25 bits per heavy atom. The van der Waals surface area contributed by atoms with Crippen molar-refractivity contribution in [3.8, 4) is 5.75 Å². The maximum absolute atomic E-state index is 12.5. The van der Waals surface area contributed by atoms with Crippen LogP contribution >= 0.6 is 22.6 Å². The third kappa shape index (κ3) is 4.67. The highest BCUT2D eigenvalue weighted by Gasteiger charge is 2.18. The summed E-state index contributed by atoms with van der Waals surface area (Å²) in [4.78, 5) is 24.3. The average molecular weight is 440 g/mol. The Balaban J connectivity index is 1.98. The van der Waals surface area contributed by atoms with Crippen molar-refractivity contribution in [1.29, 1.82) is 0 Å². The smallest absolute Gasteiger partial charge is 0.270 e. The van der Waals surface area contributed by atoms with E-state index in [-0.39, 0.29) is 11.6 Å². The molecule has 0 saturated carbocycles. The number of nitro benzene ring substituents is 1. The van der Waals surface area contributed by atoms with Crippen LogP contribution in [-0.4, -0.2) is 35.9 Å². The van der Waals surface area contributed by atoms with E-state index >= 15 is 0 Å². The number of halogens is 1. The SMILES string of the molecule is Cc1ccc(OCCN(C)C(=O)c2cc([N+](=O)[O-])ccc2I)cc1. The minimum absolute atomic E-state index is 0.0944. The van der Waals surface area contributed by atoms with Crippen LogP contribution in [-0.2, 0) is 0 Å². The van der Waals surface area contributed by atoms with Crippen LogP contribution in [0.4, 0.5) is 5.69 Å². The lowest BCUT2D eigenvalue weighted by atomic mass is 10.2. The second-order valence-corrected chi connectivity index (χ2v) is 6.47. The Labute approximate surface area is 153 Å². The van der Waals surface area contributed by atoms with E-state index in [1.165, 1.54) is 17.0 Å². The molecule has 0 N–H and O–H groups in total. The molecular formula is C17H17IN2O4. The number of ether oxygens (including phenoxy) is 1. The molecule has 126 valence electrons. The lowest BCUT2D eigenvalue weighted by Gasteiger charge is -2.18. The molecule has 0 heterocycles. The summed E-state index contributed by atoms with van der Waals surface area (Å²) in [6.07, 6.45) is 0. The summed E-state index contributed by atoms with van der Waals surface area (Å²) in [6.45, 7) is 2.72. The fraction of sp³-hybridized carbons (Fsp3) is 0.235. The molecule has 0 saturated heterocycles. The van der Waals surface area contributed by atoms with Crippen LogP contribution in [0.1, 0.15) is 15.9 Å². The van der Waals surface area contributed by atoms with Gasteiger partial charge in [0.25, 0.3) is 11.6 Å². The molecule has 0 bridgehead atoms. The number of nitro groups is 1. The number of aryl methyl sites for hydroxylation is 1. The number of likely N-dealkylation sites (N-methyl/N-ethyl adjacent to an activating group) is 1. The zero-order valence-electron chi connectivity index (χ0n) is 13.4. The molecule has 2 aromatic rings. The first-order valence-corrected chi connectivity index (χ1v) is 8.35. The van der Waals surface area contributed by atoms with Crippen LogP contribution in [0, 0.1) is 20.6 Å². The largest absolute Gasteiger partial charge is 0.492 e. The first-order valence-electron chi connectivity index (χ1n) is 7.27. The Morgan fingerprint density at radius 3 is 2.54 bits per heavy atom. The van der Waals surface area contributed by atoms with E-state index in [2.05, 4.69) is 0 Å². The van der Waals surface area contributed by atoms with Crippen LogP contribution in [0.5, 0.6) is 5.75 Å². The Bertz CT molecular complexity index is 747. The van der Waals surface area contributed by atoms with Crippen LogP contribution in [0.2, 0.25) is 0 Å². The number of hydrogen-bond acceptors (Lipinski definition) is 4. The van der Waals surface area contributed by atoms with Crippen molar-refractivity contribution in [2.45, 2.75) is 6.92 Å². The predicted octanol–water partition coefficient (Wildman–Crippen LogP) is 3.66. The van der Waals surface area contributed by atoms with Crippen LogP contribution in [0.25, 0.3) is 0 Å². The summed E-state index contributed by atoms with van der Waals surface area (Å²) in [5.74, 6) is 0.474. The van der Waals surface area contributed by atoms with Gasteiger partial charge in [0.05, 0.1) is 17.0 Å². The monoisotopic (exact) mass is 440 g/mol. The van der Waals surface area contributed by atoms with E-state index in [1.54, 1.807) is 13.1 Å². The van der Waals surface area contributed by atoms with Gasteiger partial charge in [-0.15, -0.1) is 0 Å². The normalized spacial score (nSPS) is 10.3. The third-order valence-corrected chi connectivity index (χ3v) is 4.39. The van der Waals surface area contributed by atoms with Gasteiger partial charge in [-0.25, -0.2) is 0 Å². The van der Waals surface area contributed by atoms with Gasteiger partial charge in [-0.05, 0) is 47.7 Å². The summed E-state index contributed by atoms with van der Waals surface area (Å²) in [7, 11) is 1.65. The first-order chi connectivity index (χ1) is 11.4. The third-order valence-electron chi connectivity index (χ3n) is 3.45. The average Bonchev–Trinajstić information content (AvgIpc) is 2.56. The Morgan fingerprint density at radius 2 is 1.92 bits per heavy atom. The van der Waals surface area contributed by atoms with Crippen molar-refractivity contribution >= 4 is 34.2 Å². The van der Waals surface area contributed by atoms with E-state index in [0.29, 0.717) is 22.3 Å². The van der Waals surface area contributed by atoms with Gasteiger partial charge >= 0.3 is 0 Å². The van der Waals surface area contributed by atoms with E-state index < -0.39 is 4.92 Å². The van der Waals surface area contributed by atoms with E-state index in [9.17, 15) is 14.9 Å². The van der Waals surface area contributed by atoms with E-state index in [1.807, 2.05) is 53.8 Å². The van der Waals surface area contributed by atoms with Gasteiger partial charge < -0.3 is 9.64 Å². The number of benzene rings is 2. The summed E-state index contributed by atoms with van der Waals surface area (Å²) >= 11 is 2.00. The molecule has 0 aliphatic carbocycles. The minimum Gasteiger partial charge on any atom is -0.492 e. The van der Waals surface area contributed by atoms with Gasteiger partial charge in [-0.1, -0.05) is 17.7 Å². The molecule has 1 amide bonds. The molecule has 24 heavy (non-hydrogen) atoms. The van der Waals surface area contributed by atoms with Crippen LogP contribution in [0.3, 0.4) is 0 Å². The number of carbonyl (C=O) groups excluding carboxylic acids is 1. The standard InChI is InChI=1S/C17H17IN2O4/c1-12-3-6-14(7-4-12)24-10-9-19(2)17(21)15-11-13(20(22)23)5-8-16(15)18/h3-8,11H,9-10H2,1-2H3. The molecule has 2 rings (SSSR count). The van der Waals surface area contributed by atoms with Crippen molar-refractivity contribution in [3.63, 3.8) is 0 Å². The van der Waals surface area contributed by atoms with Gasteiger partial charge in [0.1, 0.15) is 12.4 Å². The molecule has 0 fully saturated rings. The predicted molar refractivity (Wildman–Crippen MR) is 99.4 cm³/mol. The van der Waals surface area contributed by atoms with Crippen molar-refractivity contribution in [1.82, 2.24) is 4.90 Å². The maximum Gasteiger partial charge on any atom is 0.270 e. The zero-order valence-corrected chi connectivity index (χ0v) is 15.5. The highest BCUT2D eigenvalue weighted by atomic mass is 127. The second-order valence-electron chi connectivity index (χ2n) is 5.31. The van der Waals surface area contributed by atoms with Gasteiger partial charge in [0, 0.05) is 22.8 Å². The number of amides is 1. The molecule has 7 heteroatoms. The fourth-order valence-electron chi connectivity index (χ4n) is 2.03. The van der Waals surface area contributed by atoms with Crippen molar-refractivity contribution < 1.29 is 14.5 Å². The maximum atomic E-state index is 12.5. The Hall–Kier alpha value is -2.16. The zero-order chi connectivity index (χ0) is 17.7. The topological polar surface area (TPSA) is 72.7 Å². The summed E-state index contributed by atoms with van der Waals surface area (Å²) in [5.41, 5.74) is 1.38. The highest BCUT2D eigenvalue weighted by molar-refractivity contribution is 14.1. The molecule has 0 aliphatic heterocycles. The molecule has 0 radical (unpaired) electrons. The summed E-state index contributed by atoms with van der Waals surface area (Å²) in [5, 5.41) is 10.9. The van der Waals surface area contributed by atoms with Gasteiger partial charge in [0.2, 0.25) is 0 Å². The lowest BCUT2D eigenvalue weighted by molar-refractivity contribution is -0.384. The number of rotatable bonds is 6. The molecule has 0 atom stereocenters. The van der Waals surface area contributed by atoms with Gasteiger partial charge in [-0.2, -0.15) is 0 Å². The molecule has 0 aromatic heterocycles. The molecule has 6 nitrogen and oxygen atoms in total. The molecular weight excluding hydrogens is 423 g/mol. The number of non-ortho nitro benzene ring substituents is 1. The summed E-state index contributed by atoms with van der Waals surface area (Å²) < 4.78 is 6.28. The van der Waals surface area contributed by atoms with Crippen molar-refractivity contribution in [2.75, 3.05) is 20.2 Å². The quantitative estimate of drug-likeness (QED) is 0.391. The first kappa shape index (κ1) is 18.2. The lowest BCUT2D eigenvalue weighted by Crippen LogP contribution is -2.31. The highest BCUT2D eigenvalue weighted by Crippen LogP contribution is 2.21. The molecule has 2 aromatic carbocycles. The molecule has 0 aliphatic rings. The van der Waals surface area contributed by atoms with Crippen molar-refractivity contribution in [3.05, 3.63) is 67.3 Å². The molecule has 0 spiro atoms. The second kappa shape index (κ2) is 8.09. The Kier molecular flexibility index (Phi) is 6.13. The fourth-order valence-corrected chi connectivity index (χ4v) is 2.60. The van der Waals surface area contributed by atoms with Gasteiger partial charge in [0.15, 0.2) is 0 Å². The number of carbonyl (C=O) groups is 1. The summed E-state index contributed by atoms with van der Waals surface area (Å²) in [6, 6.07) is 11.9. The van der Waals surface area contributed by atoms with Crippen molar-refractivity contribution in [2.24, 2.45) is 0 Å². The number of nitrogens with zero attached hydrogens (tertiary/aromatic N) is 2. The number of hydrogen-bond donors (Lipinski definition) is 0.